The first-order valence-corrected chi connectivity index (χ1v) is 10.1. The number of nitrogens with one attached hydrogen (secondary N) is 1. The number of carbonyl (C=O) groups excluding carboxylic acids is 1. The number of nitrogens with zero attached hydrogens (tertiary/aromatic N) is 3. The fourth-order valence-corrected chi connectivity index (χ4v) is 4.77. The van der Waals surface area contributed by atoms with Crippen LogP contribution in [0.15, 0.2) is 30.5 Å². The van der Waals surface area contributed by atoms with Gasteiger partial charge in [0.25, 0.3) is 0 Å². The maximum atomic E-state index is 13.1. The van der Waals surface area contributed by atoms with Crippen LogP contribution in [0.2, 0.25) is 0 Å². The van der Waals surface area contributed by atoms with E-state index in [0.29, 0.717) is 29.2 Å². The van der Waals surface area contributed by atoms with Crippen molar-refractivity contribution in [3.8, 4) is 11.4 Å². The topological polar surface area (TPSA) is 63.8 Å². The van der Waals surface area contributed by atoms with E-state index in [1.165, 1.54) is 0 Å². The summed E-state index contributed by atoms with van der Waals surface area (Å²) in [5, 5.41) is 3.18. The Morgan fingerprint density at radius 1 is 1.24 bits per heavy atom. The van der Waals surface area contributed by atoms with E-state index in [9.17, 15) is 4.79 Å². The highest BCUT2D eigenvalue weighted by molar-refractivity contribution is 6.03. The lowest BCUT2D eigenvalue weighted by molar-refractivity contribution is -0.0249. The van der Waals surface area contributed by atoms with Gasteiger partial charge in [0.2, 0.25) is 5.69 Å². The van der Waals surface area contributed by atoms with Crippen molar-refractivity contribution in [3.63, 3.8) is 0 Å². The molecule has 2 unspecified atom stereocenters. The molecule has 4 rings (SSSR count). The van der Waals surface area contributed by atoms with Crippen LogP contribution >= 0.6 is 0 Å². The lowest BCUT2D eigenvalue weighted by Gasteiger charge is -2.37. The number of ether oxygens (including phenoxy) is 1. The van der Waals surface area contributed by atoms with Gasteiger partial charge in [0.15, 0.2) is 11.5 Å². The molecule has 29 heavy (non-hydrogen) atoms. The summed E-state index contributed by atoms with van der Waals surface area (Å²) < 4.78 is 7.59. The van der Waals surface area contributed by atoms with Gasteiger partial charge in [0, 0.05) is 11.8 Å². The Labute approximate surface area is 170 Å². The van der Waals surface area contributed by atoms with Gasteiger partial charge in [0.1, 0.15) is 11.7 Å². The third kappa shape index (κ3) is 3.42. The molecule has 0 aliphatic heterocycles. The molecule has 1 aromatic carbocycles. The van der Waals surface area contributed by atoms with Crippen LogP contribution in [0, 0.1) is 31.2 Å². The maximum Gasteiger partial charge on any atom is 0.331 e. The van der Waals surface area contributed by atoms with E-state index < -0.39 is 5.97 Å². The minimum absolute atomic E-state index is 0.137. The Morgan fingerprint density at radius 2 is 1.93 bits per heavy atom. The molecule has 1 aliphatic rings. The van der Waals surface area contributed by atoms with Crippen LogP contribution in [0.1, 0.15) is 49.5 Å². The van der Waals surface area contributed by atoms with Crippen LogP contribution in [0.5, 0.6) is 0 Å². The van der Waals surface area contributed by atoms with Gasteiger partial charge >= 0.3 is 5.97 Å². The van der Waals surface area contributed by atoms with Gasteiger partial charge in [-0.3, -0.25) is 9.61 Å². The predicted octanol–water partition coefficient (Wildman–Crippen LogP) is 5.42. The predicted molar refractivity (Wildman–Crippen MR) is 112 cm³/mol. The molecule has 0 amide bonds. The normalized spacial score (nSPS) is 24.4. The number of benzene rings is 1. The number of hydrogen-bond donors (Lipinski definition) is 1. The molecule has 1 N–H and O–H groups in total. The van der Waals surface area contributed by atoms with Crippen molar-refractivity contribution in [1.82, 2.24) is 14.6 Å². The van der Waals surface area contributed by atoms with Gasteiger partial charge in [-0.1, -0.05) is 45.0 Å². The zero-order chi connectivity index (χ0) is 20.7. The van der Waals surface area contributed by atoms with Gasteiger partial charge in [-0.25, -0.2) is 14.6 Å². The van der Waals surface area contributed by atoms with E-state index >= 15 is 0 Å². The molecular weight excluding hydrogens is 364 g/mol. The van der Waals surface area contributed by atoms with Gasteiger partial charge in [-0.2, -0.15) is 0 Å². The molecule has 1 aliphatic carbocycles. The standard InChI is InChI=1S/C23H26N4O2/c1-13-10-15(3)20(16(4)11-13)29-23(28)19-18(24-5)12-27-22(19)25-21(26-27)17-9-7-6-8-14(17)2/h6-9,12-13,15-16,20H,10-11H2,1-4H3,(H,25,26). The fraction of sp³-hybridized carbons (Fsp3) is 0.435. The molecule has 0 bridgehead atoms. The first-order valence-electron chi connectivity index (χ1n) is 10.1. The highest BCUT2D eigenvalue weighted by Crippen LogP contribution is 2.36. The number of aromatic nitrogens is 3. The molecule has 1 fully saturated rings. The van der Waals surface area contributed by atoms with Gasteiger partial charge in [-0.05, 0) is 43.1 Å². The molecule has 2 atom stereocenters. The molecule has 0 radical (unpaired) electrons. The smallest absolute Gasteiger partial charge is 0.331 e. The van der Waals surface area contributed by atoms with Crippen molar-refractivity contribution in [3.05, 3.63) is 53.0 Å². The summed E-state index contributed by atoms with van der Waals surface area (Å²) in [4.78, 5) is 21.3. The first-order chi connectivity index (χ1) is 13.9. The fourth-order valence-electron chi connectivity index (χ4n) is 4.77. The molecule has 2 heterocycles. The van der Waals surface area contributed by atoms with Crippen molar-refractivity contribution in [2.24, 2.45) is 17.8 Å². The number of rotatable bonds is 3. The van der Waals surface area contributed by atoms with Gasteiger partial charge in [-0.15, -0.1) is 0 Å². The van der Waals surface area contributed by atoms with Crippen molar-refractivity contribution >= 4 is 17.3 Å². The molecule has 3 aromatic rings. The van der Waals surface area contributed by atoms with Crippen molar-refractivity contribution in [1.29, 1.82) is 0 Å². The molecule has 0 spiro atoms. The molecule has 2 aromatic heterocycles. The number of aryl methyl sites for hydroxylation is 1. The third-order valence-corrected chi connectivity index (χ3v) is 6.04. The highest BCUT2D eigenvalue weighted by atomic mass is 16.5. The van der Waals surface area contributed by atoms with Crippen LogP contribution < -0.4 is 0 Å². The Morgan fingerprint density at radius 3 is 2.59 bits per heavy atom. The number of carbonyl (C=O) groups is 1. The summed E-state index contributed by atoms with van der Waals surface area (Å²) in [5.41, 5.74) is 2.98. The van der Waals surface area contributed by atoms with Crippen molar-refractivity contribution in [2.75, 3.05) is 0 Å². The summed E-state index contributed by atoms with van der Waals surface area (Å²) in [5.74, 6) is 1.44. The molecular formula is C23H26N4O2. The van der Waals surface area contributed by atoms with Crippen LogP contribution in [0.3, 0.4) is 0 Å². The first kappa shape index (κ1) is 19.3. The average Bonchev–Trinajstić information content (AvgIpc) is 3.22. The Kier molecular flexibility index (Phi) is 4.91. The Bertz CT molecular complexity index is 1090. The number of esters is 1. The second-order valence-electron chi connectivity index (χ2n) is 8.48. The highest BCUT2D eigenvalue weighted by Gasteiger charge is 2.35. The summed E-state index contributed by atoms with van der Waals surface area (Å²) in [6.45, 7) is 16.0. The third-order valence-electron chi connectivity index (χ3n) is 6.04. The minimum Gasteiger partial charge on any atom is -0.459 e. The number of H-pyrrole nitrogens is 1. The van der Waals surface area contributed by atoms with Crippen LogP contribution in [0.25, 0.3) is 21.9 Å². The summed E-state index contributed by atoms with van der Waals surface area (Å²) in [6.07, 6.45) is 3.57. The minimum atomic E-state index is -0.459. The SMILES string of the molecule is [C-]#[N+]c1cn2[nH]c(-c3ccccc3C)nc2c1C(=O)OC1C(C)CC(C)CC1C. The maximum absolute atomic E-state index is 13.1. The summed E-state index contributed by atoms with van der Waals surface area (Å²) in [6, 6.07) is 7.92. The van der Waals surface area contributed by atoms with Crippen molar-refractivity contribution in [2.45, 2.75) is 46.6 Å². The largest absolute Gasteiger partial charge is 0.459 e. The van der Waals surface area contributed by atoms with E-state index in [-0.39, 0.29) is 17.4 Å². The van der Waals surface area contributed by atoms with Crippen LogP contribution in [-0.2, 0) is 4.74 Å². The van der Waals surface area contributed by atoms with E-state index in [1.54, 1.807) is 10.7 Å². The van der Waals surface area contributed by atoms with E-state index in [2.05, 4.69) is 35.7 Å². The molecule has 6 nitrogen and oxygen atoms in total. The van der Waals surface area contributed by atoms with Gasteiger partial charge in [0.05, 0.1) is 6.57 Å². The quantitative estimate of drug-likeness (QED) is 0.480. The summed E-state index contributed by atoms with van der Waals surface area (Å²) >= 11 is 0. The summed E-state index contributed by atoms with van der Waals surface area (Å²) in [7, 11) is 0. The monoisotopic (exact) mass is 390 g/mol. The average molecular weight is 390 g/mol. The van der Waals surface area contributed by atoms with E-state index in [1.807, 2.05) is 31.2 Å². The molecule has 6 heteroatoms. The zero-order valence-corrected chi connectivity index (χ0v) is 17.3. The van der Waals surface area contributed by atoms with Crippen molar-refractivity contribution < 1.29 is 9.53 Å². The van der Waals surface area contributed by atoms with E-state index in [4.69, 9.17) is 11.3 Å². The lowest BCUT2D eigenvalue weighted by Crippen LogP contribution is -2.37. The Balaban J connectivity index is 1.70. The van der Waals surface area contributed by atoms with Crippen LogP contribution in [0.4, 0.5) is 5.69 Å². The van der Waals surface area contributed by atoms with Gasteiger partial charge < -0.3 is 4.74 Å². The van der Waals surface area contributed by atoms with E-state index in [0.717, 1.165) is 24.0 Å². The second kappa shape index (κ2) is 7.40. The lowest BCUT2D eigenvalue weighted by atomic mass is 9.75. The van der Waals surface area contributed by atoms with Crippen LogP contribution in [-0.4, -0.2) is 26.7 Å². The molecule has 0 saturated heterocycles. The number of aromatic amines is 1. The second-order valence-corrected chi connectivity index (χ2v) is 8.48. The zero-order valence-electron chi connectivity index (χ0n) is 17.3. The Hall–Kier alpha value is -3.07. The number of fused-ring (bicyclic) bond motifs is 1. The molecule has 150 valence electrons. The number of hydrogen-bond acceptors (Lipinski definition) is 3. The molecule has 1 saturated carbocycles.